The van der Waals surface area contributed by atoms with Crippen LogP contribution in [0, 0.1) is 11.3 Å². The van der Waals surface area contributed by atoms with Crippen LogP contribution in [0.1, 0.15) is 23.5 Å². The summed E-state index contributed by atoms with van der Waals surface area (Å²) in [4.78, 5) is 8.24. The molecule has 0 radical (unpaired) electrons. The summed E-state index contributed by atoms with van der Waals surface area (Å²) in [6, 6.07) is 1.93. The Morgan fingerprint density at radius 3 is 2.58 bits per heavy atom. The Hall–Kier alpha value is -1.63. The molecule has 4 heteroatoms. The van der Waals surface area contributed by atoms with Gasteiger partial charge in [0.25, 0.3) is 0 Å². The van der Waals surface area contributed by atoms with E-state index in [2.05, 4.69) is 9.97 Å². The molecule has 2 N–H and O–H groups in total. The minimum absolute atomic E-state index is 0.260. The Kier molecular flexibility index (Phi) is 1.44. The normalized spacial score (nSPS) is 13.9. The average molecular weight is 160 g/mol. The summed E-state index contributed by atoms with van der Waals surface area (Å²) in [5.41, 5.74) is 7.68. The van der Waals surface area contributed by atoms with Gasteiger partial charge in [-0.3, -0.25) is 0 Å². The number of aryl methyl sites for hydroxylation is 2. The highest BCUT2D eigenvalue weighted by molar-refractivity contribution is 5.45. The third-order valence-electron chi connectivity index (χ3n) is 2.01. The van der Waals surface area contributed by atoms with Crippen LogP contribution < -0.4 is 5.73 Å². The number of rotatable bonds is 0. The Morgan fingerprint density at radius 2 is 1.92 bits per heavy atom. The van der Waals surface area contributed by atoms with Gasteiger partial charge in [0.1, 0.15) is 6.07 Å². The monoisotopic (exact) mass is 160 g/mol. The fourth-order valence-corrected chi connectivity index (χ4v) is 1.43. The summed E-state index contributed by atoms with van der Waals surface area (Å²) in [7, 11) is 0. The lowest BCUT2D eigenvalue weighted by Gasteiger charge is -1.99. The Morgan fingerprint density at radius 1 is 1.25 bits per heavy atom. The summed E-state index contributed by atoms with van der Waals surface area (Å²) in [6.45, 7) is 0. The molecule has 60 valence electrons. The smallest absolute Gasteiger partial charge is 0.183 e. The maximum atomic E-state index is 8.62. The second-order valence-electron chi connectivity index (χ2n) is 2.82. The van der Waals surface area contributed by atoms with Gasteiger partial charge < -0.3 is 5.73 Å². The fraction of sp³-hybridized carbons (Fsp3) is 0.375. The predicted octanol–water partition coefficient (Wildman–Crippen LogP) is 0.419. The van der Waals surface area contributed by atoms with Crippen molar-refractivity contribution < 1.29 is 0 Å². The van der Waals surface area contributed by atoms with E-state index in [1.165, 1.54) is 0 Å². The van der Waals surface area contributed by atoms with E-state index in [1.54, 1.807) is 0 Å². The topological polar surface area (TPSA) is 75.6 Å². The molecule has 1 aromatic rings. The molecule has 12 heavy (non-hydrogen) atoms. The molecular formula is C8H8N4. The first kappa shape index (κ1) is 7.04. The predicted molar refractivity (Wildman–Crippen MR) is 43.2 cm³/mol. The molecule has 1 aliphatic rings. The van der Waals surface area contributed by atoms with Crippen LogP contribution in [0.4, 0.5) is 5.82 Å². The number of aromatic nitrogens is 2. The maximum Gasteiger partial charge on any atom is 0.183 e. The van der Waals surface area contributed by atoms with Gasteiger partial charge in [0.2, 0.25) is 0 Å². The summed E-state index contributed by atoms with van der Waals surface area (Å²) in [5.74, 6) is 0.262. The van der Waals surface area contributed by atoms with Crippen LogP contribution in [-0.4, -0.2) is 9.97 Å². The van der Waals surface area contributed by atoms with Crippen molar-refractivity contribution >= 4 is 5.82 Å². The first-order valence-corrected chi connectivity index (χ1v) is 3.86. The summed E-state index contributed by atoms with van der Waals surface area (Å²) >= 11 is 0. The van der Waals surface area contributed by atoms with Gasteiger partial charge in [0.15, 0.2) is 11.5 Å². The van der Waals surface area contributed by atoms with Crippen molar-refractivity contribution in [2.75, 3.05) is 5.73 Å². The number of hydrogen-bond acceptors (Lipinski definition) is 4. The van der Waals surface area contributed by atoms with Crippen LogP contribution in [0.15, 0.2) is 0 Å². The van der Waals surface area contributed by atoms with Crippen molar-refractivity contribution in [1.82, 2.24) is 9.97 Å². The molecule has 0 amide bonds. The lowest BCUT2D eigenvalue weighted by molar-refractivity contribution is 0.893. The standard InChI is InChI=1S/C8H8N4/c9-4-7-8(10)12-6-3-1-2-5(6)11-7/h1-3H2,(H2,10,12). The molecule has 1 aliphatic carbocycles. The number of nitrogen functional groups attached to an aromatic ring is 1. The van der Waals surface area contributed by atoms with E-state index < -0.39 is 0 Å². The van der Waals surface area contributed by atoms with E-state index >= 15 is 0 Å². The van der Waals surface area contributed by atoms with Crippen molar-refractivity contribution in [2.24, 2.45) is 0 Å². The van der Waals surface area contributed by atoms with E-state index in [-0.39, 0.29) is 11.5 Å². The quantitative estimate of drug-likeness (QED) is 0.596. The van der Waals surface area contributed by atoms with E-state index in [0.29, 0.717) is 0 Å². The molecule has 0 aliphatic heterocycles. The molecule has 0 fully saturated rings. The average Bonchev–Trinajstić information content (AvgIpc) is 2.49. The van der Waals surface area contributed by atoms with Crippen molar-refractivity contribution in [2.45, 2.75) is 19.3 Å². The van der Waals surface area contributed by atoms with Gasteiger partial charge in [-0.05, 0) is 19.3 Å². The highest BCUT2D eigenvalue weighted by Gasteiger charge is 2.16. The molecule has 0 atom stereocenters. The number of hydrogen-bond donors (Lipinski definition) is 1. The largest absolute Gasteiger partial charge is 0.381 e. The first-order valence-electron chi connectivity index (χ1n) is 3.86. The van der Waals surface area contributed by atoms with Gasteiger partial charge in [-0.15, -0.1) is 0 Å². The third-order valence-corrected chi connectivity index (χ3v) is 2.01. The first-order chi connectivity index (χ1) is 5.81. The number of anilines is 1. The Labute approximate surface area is 70.1 Å². The van der Waals surface area contributed by atoms with E-state index in [1.807, 2.05) is 6.07 Å². The van der Waals surface area contributed by atoms with Crippen LogP contribution in [0.5, 0.6) is 0 Å². The van der Waals surface area contributed by atoms with Gasteiger partial charge >= 0.3 is 0 Å². The molecule has 1 aromatic heterocycles. The molecule has 0 unspecified atom stereocenters. The van der Waals surface area contributed by atoms with Crippen LogP contribution in [0.2, 0.25) is 0 Å². The van der Waals surface area contributed by atoms with Crippen molar-refractivity contribution in [1.29, 1.82) is 5.26 Å². The fourth-order valence-electron chi connectivity index (χ4n) is 1.43. The second-order valence-corrected chi connectivity index (χ2v) is 2.82. The van der Waals surface area contributed by atoms with E-state index in [0.717, 1.165) is 30.7 Å². The number of nitriles is 1. The van der Waals surface area contributed by atoms with Gasteiger partial charge in [0, 0.05) is 0 Å². The zero-order chi connectivity index (χ0) is 8.55. The minimum Gasteiger partial charge on any atom is -0.381 e. The van der Waals surface area contributed by atoms with Crippen LogP contribution >= 0.6 is 0 Å². The molecule has 0 saturated carbocycles. The van der Waals surface area contributed by atoms with Gasteiger partial charge in [0.05, 0.1) is 11.4 Å². The van der Waals surface area contributed by atoms with E-state index in [9.17, 15) is 0 Å². The molecule has 4 nitrogen and oxygen atoms in total. The van der Waals surface area contributed by atoms with Gasteiger partial charge in [-0.25, -0.2) is 9.97 Å². The van der Waals surface area contributed by atoms with Crippen molar-refractivity contribution in [3.63, 3.8) is 0 Å². The third kappa shape index (κ3) is 0.909. The summed E-state index contributed by atoms with van der Waals surface area (Å²) in [5, 5.41) is 8.62. The van der Waals surface area contributed by atoms with Gasteiger partial charge in [-0.1, -0.05) is 0 Å². The van der Waals surface area contributed by atoms with Crippen molar-refractivity contribution in [3.8, 4) is 6.07 Å². The zero-order valence-corrected chi connectivity index (χ0v) is 6.54. The van der Waals surface area contributed by atoms with Gasteiger partial charge in [-0.2, -0.15) is 5.26 Å². The summed E-state index contributed by atoms with van der Waals surface area (Å²) < 4.78 is 0. The second kappa shape index (κ2) is 2.45. The Balaban J connectivity index is 2.59. The SMILES string of the molecule is N#Cc1nc2c(nc1N)CCC2. The number of fused-ring (bicyclic) bond motifs is 1. The molecular weight excluding hydrogens is 152 g/mol. The highest BCUT2D eigenvalue weighted by atomic mass is 14.9. The number of nitrogens with two attached hydrogens (primary N) is 1. The van der Waals surface area contributed by atoms with Crippen LogP contribution in [-0.2, 0) is 12.8 Å². The van der Waals surface area contributed by atoms with Crippen LogP contribution in [0.3, 0.4) is 0 Å². The highest BCUT2D eigenvalue weighted by Crippen LogP contribution is 2.19. The molecule has 0 saturated heterocycles. The van der Waals surface area contributed by atoms with Crippen molar-refractivity contribution in [3.05, 3.63) is 17.1 Å². The molecule has 2 rings (SSSR count). The molecule has 0 bridgehead atoms. The Bertz CT molecular complexity index is 363. The molecule has 0 aromatic carbocycles. The van der Waals surface area contributed by atoms with E-state index in [4.69, 9.17) is 11.0 Å². The zero-order valence-electron chi connectivity index (χ0n) is 6.54. The lowest BCUT2D eigenvalue weighted by Crippen LogP contribution is -2.02. The molecule has 1 heterocycles. The number of nitrogens with zero attached hydrogens (tertiary/aromatic N) is 3. The lowest BCUT2D eigenvalue weighted by atomic mass is 10.3. The minimum atomic E-state index is 0.260. The van der Waals surface area contributed by atoms with Crippen LogP contribution in [0.25, 0.3) is 0 Å². The summed E-state index contributed by atoms with van der Waals surface area (Å²) in [6.07, 6.45) is 2.94. The maximum absolute atomic E-state index is 8.62. The molecule has 0 spiro atoms.